The molecule has 0 atom stereocenters. The molecule has 2 N–H and O–H groups in total. The van der Waals surface area contributed by atoms with E-state index in [0.29, 0.717) is 11.3 Å². The van der Waals surface area contributed by atoms with E-state index in [1.807, 2.05) is 0 Å². The molecule has 0 bridgehead atoms. The number of nitro benzene ring substituents is 1. The maximum Gasteiger partial charge on any atom is 0.273 e. The van der Waals surface area contributed by atoms with Crippen LogP contribution in [0.2, 0.25) is 0 Å². The van der Waals surface area contributed by atoms with Crippen LogP contribution in [0, 0.1) is 17.0 Å². The molecule has 0 aliphatic rings. The standard InChI is InChI=1S/C16H17N3O5S/c1-11-3-8-14(10-15(11)19(21)22)25(23,24)18-13-6-4-12(5-7-13)9-16(20)17-2/h3-8,10,18H,9H2,1-2H3,(H,17,20). The highest BCUT2D eigenvalue weighted by atomic mass is 32.2. The molecule has 0 fully saturated rings. The molecule has 0 spiro atoms. The Morgan fingerprint density at radius 2 is 1.80 bits per heavy atom. The minimum atomic E-state index is -3.96. The van der Waals surface area contributed by atoms with E-state index in [0.717, 1.165) is 11.6 Å². The van der Waals surface area contributed by atoms with Gasteiger partial charge in [0.05, 0.1) is 16.2 Å². The van der Waals surface area contributed by atoms with Crippen molar-refractivity contribution in [3.63, 3.8) is 0 Å². The van der Waals surface area contributed by atoms with Crippen LogP contribution < -0.4 is 10.0 Å². The highest BCUT2D eigenvalue weighted by Crippen LogP contribution is 2.24. The number of carbonyl (C=O) groups is 1. The third-order valence-corrected chi connectivity index (χ3v) is 4.92. The predicted molar refractivity (Wildman–Crippen MR) is 92.9 cm³/mol. The fraction of sp³-hybridized carbons (Fsp3) is 0.188. The van der Waals surface area contributed by atoms with Crippen molar-refractivity contribution < 1.29 is 18.1 Å². The largest absolute Gasteiger partial charge is 0.359 e. The first-order valence-electron chi connectivity index (χ1n) is 7.30. The zero-order valence-corrected chi connectivity index (χ0v) is 14.5. The van der Waals surface area contributed by atoms with Crippen LogP contribution in [0.3, 0.4) is 0 Å². The number of hydrogen-bond acceptors (Lipinski definition) is 5. The second-order valence-corrected chi connectivity index (χ2v) is 7.04. The maximum atomic E-state index is 12.4. The van der Waals surface area contributed by atoms with Crippen molar-refractivity contribution in [2.45, 2.75) is 18.2 Å². The molecule has 132 valence electrons. The molecule has 0 unspecified atom stereocenters. The van der Waals surface area contributed by atoms with Gasteiger partial charge in [-0.3, -0.25) is 19.6 Å². The molecule has 2 aromatic carbocycles. The van der Waals surface area contributed by atoms with E-state index in [1.165, 1.54) is 38.2 Å². The van der Waals surface area contributed by atoms with Gasteiger partial charge in [0, 0.05) is 24.4 Å². The third-order valence-electron chi connectivity index (χ3n) is 3.54. The van der Waals surface area contributed by atoms with Crippen molar-refractivity contribution in [2.75, 3.05) is 11.8 Å². The average Bonchev–Trinajstić information content (AvgIpc) is 2.56. The lowest BCUT2D eigenvalue weighted by molar-refractivity contribution is -0.385. The van der Waals surface area contributed by atoms with Crippen LogP contribution in [0.5, 0.6) is 0 Å². The van der Waals surface area contributed by atoms with Crippen molar-refractivity contribution >= 4 is 27.3 Å². The first-order valence-corrected chi connectivity index (χ1v) is 8.78. The molecule has 0 heterocycles. The van der Waals surface area contributed by atoms with E-state index in [-0.39, 0.29) is 22.9 Å². The van der Waals surface area contributed by atoms with Gasteiger partial charge in [0.25, 0.3) is 15.7 Å². The summed E-state index contributed by atoms with van der Waals surface area (Å²) < 4.78 is 27.2. The number of anilines is 1. The van der Waals surface area contributed by atoms with E-state index in [2.05, 4.69) is 10.0 Å². The molecule has 0 saturated carbocycles. The zero-order valence-electron chi connectivity index (χ0n) is 13.6. The second kappa shape index (κ2) is 7.31. The Bertz CT molecular complexity index is 908. The molecule has 0 aliphatic heterocycles. The van der Waals surface area contributed by atoms with Gasteiger partial charge in [-0.15, -0.1) is 0 Å². The van der Waals surface area contributed by atoms with E-state index in [9.17, 15) is 23.3 Å². The maximum absolute atomic E-state index is 12.4. The summed E-state index contributed by atoms with van der Waals surface area (Å²) in [7, 11) is -2.43. The molecule has 2 rings (SSSR count). The summed E-state index contributed by atoms with van der Waals surface area (Å²) in [6.07, 6.45) is 0.188. The van der Waals surface area contributed by atoms with Crippen LogP contribution in [0.15, 0.2) is 47.4 Å². The lowest BCUT2D eigenvalue weighted by Crippen LogP contribution is -2.19. The molecule has 8 nitrogen and oxygen atoms in total. The molecule has 0 aromatic heterocycles. The number of likely N-dealkylation sites (N-methyl/N-ethyl adjacent to an activating group) is 1. The average molecular weight is 363 g/mol. The van der Waals surface area contributed by atoms with Gasteiger partial charge in [-0.2, -0.15) is 0 Å². The van der Waals surface area contributed by atoms with Crippen LogP contribution in [0.1, 0.15) is 11.1 Å². The number of nitro groups is 1. The lowest BCUT2D eigenvalue weighted by Gasteiger charge is -2.09. The van der Waals surface area contributed by atoms with Crippen LogP contribution in [0.25, 0.3) is 0 Å². The quantitative estimate of drug-likeness (QED) is 0.601. The van der Waals surface area contributed by atoms with Crippen molar-refractivity contribution in [1.29, 1.82) is 0 Å². The highest BCUT2D eigenvalue weighted by Gasteiger charge is 2.20. The summed E-state index contributed by atoms with van der Waals surface area (Å²) in [5, 5.41) is 13.5. The Morgan fingerprint density at radius 3 is 2.36 bits per heavy atom. The summed E-state index contributed by atoms with van der Waals surface area (Å²) in [5.74, 6) is -0.153. The number of sulfonamides is 1. The van der Waals surface area contributed by atoms with Crippen LogP contribution in [0.4, 0.5) is 11.4 Å². The molecular weight excluding hydrogens is 346 g/mol. The zero-order chi connectivity index (χ0) is 18.6. The van der Waals surface area contributed by atoms with Crippen molar-refractivity contribution in [3.05, 3.63) is 63.7 Å². The molecule has 1 amide bonds. The first kappa shape index (κ1) is 18.4. The Balaban J connectivity index is 2.23. The molecule has 0 aliphatic carbocycles. The lowest BCUT2D eigenvalue weighted by atomic mass is 10.1. The van der Waals surface area contributed by atoms with Gasteiger partial charge in [-0.05, 0) is 30.7 Å². The van der Waals surface area contributed by atoms with Gasteiger partial charge in [0.2, 0.25) is 5.91 Å². The molecule has 2 aromatic rings. The normalized spacial score (nSPS) is 11.0. The number of nitrogens with zero attached hydrogens (tertiary/aromatic N) is 1. The van der Waals surface area contributed by atoms with Crippen LogP contribution in [-0.4, -0.2) is 26.3 Å². The predicted octanol–water partition coefficient (Wildman–Crippen LogP) is 1.99. The highest BCUT2D eigenvalue weighted by molar-refractivity contribution is 7.92. The number of carbonyl (C=O) groups excluding carboxylic acids is 1. The Hall–Kier alpha value is -2.94. The van der Waals surface area contributed by atoms with Gasteiger partial charge in [-0.25, -0.2) is 8.42 Å². The molecule has 25 heavy (non-hydrogen) atoms. The van der Waals surface area contributed by atoms with Crippen LogP contribution >= 0.6 is 0 Å². The summed E-state index contributed by atoms with van der Waals surface area (Å²) in [6.45, 7) is 1.53. The van der Waals surface area contributed by atoms with E-state index in [1.54, 1.807) is 12.1 Å². The SMILES string of the molecule is CNC(=O)Cc1ccc(NS(=O)(=O)c2ccc(C)c([N+](=O)[O-])c2)cc1. The topological polar surface area (TPSA) is 118 Å². The van der Waals surface area contributed by atoms with Gasteiger partial charge in [-0.1, -0.05) is 18.2 Å². The number of aryl methyl sites for hydroxylation is 1. The summed E-state index contributed by atoms with van der Waals surface area (Å²) in [5.41, 5.74) is 1.14. The van der Waals surface area contributed by atoms with E-state index in [4.69, 9.17) is 0 Å². The third kappa shape index (κ3) is 4.54. The fourth-order valence-electron chi connectivity index (χ4n) is 2.13. The number of rotatable bonds is 6. The minimum absolute atomic E-state index is 0.153. The molecule has 0 saturated heterocycles. The van der Waals surface area contributed by atoms with Gasteiger partial charge in [0.15, 0.2) is 0 Å². The number of nitrogens with one attached hydrogen (secondary N) is 2. The smallest absolute Gasteiger partial charge is 0.273 e. The fourth-order valence-corrected chi connectivity index (χ4v) is 3.21. The Morgan fingerprint density at radius 1 is 1.16 bits per heavy atom. The Labute approximate surface area is 145 Å². The molecule has 0 radical (unpaired) electrons. The van der Waals surface area contributed by atoms with Crippen molar-refractivity contribution in [2.24, 2.45) is 0 Å². The van der Waals surface area contributed by atoms with E-state index >= 15 is 0 Å². The number of benzene rings is 2. The van der Waals surface area contributed by atoms with Crippen molar-refractivity contribution in [3.8, 4) is 0 Å². The minimum Gasteiger partial charge on any atom is -0.359 e. The van der Waals surface area contributed by atoms with Crippen LogP contribution in [-0.2, 0) is 21.2 Å². The summed E-state index contributed by atoms with van der Waals surface area (Å²) in [4.78, 5) is 21.5. The van der Waals surface area contributed by atoms with Gasteiger partial charge < -0.3 is 5.32 Å². The summed E-state index contributed by atoms with van der Waals surface area (Å²) in [6, 6.07) is 10.0. The van der Waals surface area contributed by atoms with Gasteiger partial charge >= 0.3 is 0 Å². The molecular formula is C16H17N3O5S. The van der Waals surface area contributed by atoms with E-state index < -0.39 is 14.9 Å². The summed E-state index contributed by atoms with van der Waals surface area (Å²) >= 11 is 0. The van der Waals surface area contributed by atoms with Crippen molar-refractivity contribution in [1.82, 2.24) is 5.32 Å². The monoisotopic (exact) mass is 363 g/mol. The Kier molecular flexibility index (Phi) is 5.38. The van der Waals surface area contributed by atoms with Gasteiger partial charge in [0.1, 0.15) is 0 Å². The first-order chi connectivity index (χ1) is 11.7. The number of hydrogen-bond donors (Lipinski definition) is 2. The number of amides is 1. The second-order valence-electron chi connectivity index (χ2n) is 5.36. The molecule has 9 heteroatoms.